The van der Waals surface area contributed by atoms with Gasteiger partial charge in [0, 0.05) is 23.6 Å². The quantitative estimate of drug-likeness (QED) is 0.894. The molecule has 2 rings (SSSR count). The molecule has 1 fully saturated rings. The first kappa shape index (κ1) is 14.3. The highest BCUT2D eigenvalue weighted by atomic mass is 79.9. The van der Waals surface area contributed by atoms with E-state index in [1.54, 1.807) is 0 Å². The zero-order valence-corrected chi connectivity index (χ0v) is 12.7. The topological polar surface area (TPSA) is 72.3 Å². The SMILES string of the molecule is CCC1CN(c2cccc(Br)c2C(N)=O)CCC1N. The minimum absolute atomic E-state index is 0.255. The first-order chi connectivity index (χ1) is 9.04. The van der Waals surface area contributed by atoms with Crippen LogP contribution in [0.4, 0.5) is 5.69 Å². The number of carbonyl (C=O) groups excluding carboxylic acids is 1. The molecule has 19 heavy (non-hydrogen) atoms. The van der Waals surface area contributed by atoms with Crippen molar-refractivity contribution >= 4 is 27.5 Å². The third-order valence-electron chi connectivity index (χ3n) is 3.90. The molecule has 1 aromatic carbocycles. The van der Waals surface area contributed by atoms with Gasteiger partial charge in [-0.05, 0) is 40.4 Å². The fourth-order valence-corrected chi connectivity index (χ4v) is 3.27. The molecule has 4 nitrogen and oxygen atoms in total. The highest BCUT2D eigenvalue weighted by Gasteiger charge is 2.27. The predicted octanol–water partition coefficient (Wildman–Crippen LogP) is 2.11. The van der Waals surface area contributed by atoms with E-state index in [-0.39, 0.29) is 6.04 Å². The van der Waals surface area contributed by atoms with Crippen LogP contribution in [-0.2, 0) is 0 Å². The molecule has 1 heterocycles. The third kappa shape index (κ3) is 2.92. The second-order valence-electron chi connectivity index (χ2n) is 5.07. The van der Waals surface area contributed by atoms with Crippen molar-refractivity contribution in [2.24, 2.45) is 17.4 Å². The smallest absolute Gasteiger partial charge is 0.251 e. The number of nitrogens with two attached hydrogens (primary N) is 2. The molecule has 2 atom stereocenters. The molecule has 0 aliphatic carbocycles. The van der Waals surface area contributed by atoms with Crippen LogP contribution < -0.4 is 16.4 Å². The molecule has 1 aromatic rings. The summed E-state index contributed by atoms with van der Waals surface area (Å²) in [7, 11) is 0. The molecular weight excluding hydrogens is 306 g/mol. The maximum Gasteiger partial charge on any atom is 0.251 e. The summed E-state index contributed by atoms with van der Waals surface area (Å²) in [5, 5.41) is 0. The van der Waals surface area contributed by atoms with Crippen LogP contribution in [0.1, 0.15) is 30.1 Å². The molecule has 2 unspecified atom stereocenters. The molecular formula is C14H20BrN3O. The lowest BCUT2D eigenvalue weighted by atomic mass is 9.90. The minimum atomic E-state index is -0.398. The van der Waals surface area contributed by atoms with E-state index >= 15 is 0 Å². The van der Waals surface area contributed by atoms with Gasteiger partial charge in [-0.25, -0.2) is 0 Å². The van der Waals surface area contributed by atoms with Crippen molar-refractivity contribution < 1.29 is 4.79 Å². The Morgan fingerprint density at radius 1 is 1.53 bits per heavy atom. The van der Waals surface area contributed by atoms with Gasteiger partial charge in [0.05, 0.1) is 11.3 Å². The van der Waals surface area contributed by atoms with Crippen molar-refractivity contribution in [3.63, 3.8) is 0 Å². The van der Waals surface area contributed by atoms with E-state index in [1.165, 1.54) is 0 Å². The van der Waals surface area contributed by atoms with E-state index in [0.717, 1.165) is 36.1 Å². The van der Waals surface area contributed by atoms with Crippen LogP contribution in [0.2, 0.25) is 0 Å². The number of nitrogens with zero attached hydrogens (tertiary/aromatic N) is 1. The van der Waals surface area contributed by atoms with Gasteiger partial charge in [0.1, 0.15) is 0 Å². The summed E-state index contributed by atoms with van der Waals surface area (Å²) in [6, 6.07) is 5.98. The first-order valence-corrected chi connectivity index (χ1v) is 7.42. The van der Waals surface area contributed by atoms with E-state index in [1.807, 2.05) is 18.2 Å². The van der Waals surface area contributed by atoms with Gasteiger partial charge in [-0.15, -0.1) is 0 Å². The van der Waals surface area contributed by atoms with Crippen LogP contribution in [0.5, 0.6) is 0 Å². The van der Waals surface area contributed by atoms with Crippen LogP contribution in [0.3, 0.4) is 0 Å². The molecule has 0 aromatic heterocycles. The Bertz CT molecular complexity index is 478. The van der Waals surface area contributed by atoms with Crippen molar-refractivity contribution in [3.8, 4) is 0 Å². The van der Waals surface area contributed by atoms with Gasteiger partial charge in [-0.2, -0.15) is 0 Å². The lowest BCUT2D eigenvalue weighted by molar-refractivity contribution is 0.1000. The number of hydrogen-bond donors (Lipinski definition) is 2. The Kier molecular flexibility index (Phi) is 4.47. The standard InChI is InChI=1S/C14H20BrN3O/c1-2-9-8-18(7-6-11(9)16)12-5-3-4-10(15)13(12)14(17)19/h3-5,9,11H,2,6-8,16H2,1H3,(H2,17,19). The maximum absolute atomic E-state index is 11.6. The van der Waals surface area contributed by atoms with Crippen LogP contribution in [0.15, 0.2) is 22.7 Å². The molecule has 104 valence electrons. The van der Waals surface area contributed by atoms with Gasteiger partial charge in [0.25, 0.3) is 5.91 Å². The maximum atomic E-state index is 11.6. The van der Waals surface area contributed by atoms with Crippen LogP contribution in [0.25, 0.3) is 0 Å². The first-order valence-electron chi connectivity index (χ1n) is 6.63. The number of primary amides is 1. The van der Waals surface area contributed by atoms with Crippen LogP contribution in [-0.4, -0.2) is 25.0 Å². The summed E-state index contributed by atoms with van der Waals surface area (Å²) in [4.78, 5) is 13.9. The number of anilines is 1. The van der Waals surface area contributed by atoms with Crippen molar-refractivity contribution in [2.45, 2.75) is 25.8 Å². The normalized spacial score (nSPS) is 23.4. The fraction of sp³-hybridized carbons (Fsp3) is 0.500. The minimum Gasteiger partial charge on any atom is -0.370 e. The average Bonchev–Trinajstić information content (AvgIpc) is 2.38. The molecule has 1 aliphatic rings. The third-order valence-corrected chi connectivity index (χ3v) is 4.56. The molecule has 1 aliphatic heterocycles. The van der Waals surface area contributed by atoms with Crippen molar-refractivity contribution in [1.82, 2.24) is 0 Å². The number of benzene rings is 1. The summed E-state index contributed by atoms with van der Waals surface area (Å²) < 4.78 is 0.750. The molecule has 1 amide bonds. The van der Waals surface area contributed by atoms with E-state index in [0.29, 0.717) is 11.5 Å². The lowest BCUT2D eigenvalue weighted by Crippen LogP contribution is -2.47. The highest BCUT2D eigenvalue weighted by molar-refractivity contribution is 9.10. The molecule has 1 saturated heterocycles. The zero-order chi connectivity index (χ0) is 14.0. The number of rotatable bonds is 3. The summed E-state index contributed by atoms with van der Waals surface area (Å²) in [6.07, 6.45) is 2.00. The van der Waals surface area contributed by atoms with Crippen molar-refractivity contribution in [1.29, 1.82) is 0 Å². The largest absolute Gasteiger partial charge is 0.370 e. The predicted molar refractivity (Wildman–Crippen MR) is 81.2 cm³/mol. The average molecular weight is 326 g/mol. The highest BCUT2D eigenvalue weighted by Crippen LogP contribution is 2.31. The number of hydrogen-bond acceptors (Lipinski definition) is 3. The monoisotopic (exact) mass is 325 g/mol. The Morgan fingerprint density at radius 2 is 2.26 bits per heavy atom. The molecule has 4 N–H and O–H groups in total. The summed E-state index contributed by atoms with van der Waals surface area (Å²) in [5.41, 5.74) is 13.1. The molecule has 0 bridgehead atoms. The molecule has 0 saturated carbocycles. The van der Waals surface area contributed by atoms with Crippen molar-refractivity contribution in [2.75, 3.05) is 18.0 Å². The number of halogens is 1. The summed E-state index contributed by atoms with van der Waals surface area (Å²) >= 11 is 3.41. The molecule has 5 heteroatoms. The van der Waals surface area contributed by atoms with Gasteiger partial charge >= 0.3 is 0 Å². The van der Waals surface area contributed by atoms with Gasteiger partial charge < -0.3 is 16.4 Å². The summed E-state index contributed by atoms with van der Waals surface area (Å²) in [6.45, 7) is 3.91. The van der Waals surface area contributed by atoms with E-state index in [9.17, 15) is 4.79 Å². The summed E-state index contributed by atoms with van der Waals surface area (Å²) in [5.74, 6) is 0.0684. The molecule has 0 radical (unpaired) electrons. The van der Waals surface area contributed by atoms with Gasteiger partial charge in [-0.1, -0.05) is 19.4 Å². The Labute approximate surface area is 122 Å². The zero-order valence-electron chi connectivity index (χ0n) is 11.1. The second kappa shape index (κ2) is 5.92. The second-order valence-corrected chi connectivity index (χ2v) is 5.92. The van der Waals surface area contributed by atoms with Crippen molar-refractivity contribution in [3.05, 3.63) is 28.2 Å². The Balaban J connectivity index is 2.32. The van der Waals surface area contributed by atoms with Gasteiger partial charge in [-0.3, -0.25) is 4.79 Å². The number of piperidine rings is 1. The lowest BCUT2D eigenvalue weighted by Gasteiger charge is -2.38. The number of carbonyl (C=O) groups is 1. The van der Waals surface area contributed by atoms with Crippen LogP contribution >= 0.6 is 15.9 Å². The Hall–Kier alpha value is -1.07. The van der Waals surface area contributed by atoms with E-state index in [4.69, 9.17) is 11.5 Å². The number of amides is 1. The van der Waals surface area contributed by atoms with E-state index in [2.05, 4.69) is 27.8 Å². The molecule has 0 spiro atoms. The fourth-order valence-electron chi connectivity index (χ4n) is 2.72. The van der Waals surface area contributed by atoms with E-state index < -0.39 is 5.91 Å². The van der Waals surface area contributed by atoms with Gasteiger partial charge in [0.2, 0.25) is 0 Å². The van der Waals surface area contributed by atoms with Crippen LogP contribution in [0, 0.1) is 5.92 Å². The Morgan fingerprint density at radius 3 is 2.89 bits per heavy atom. The van der Waals surface area contributed by atoms with Gasteiger partial charge in [0.15, 0.2) is 0 Å².